The van der Waals surface area contributed by atoms with Gasteiger partial charge >= 0.3 is 0 Å². The molecule has 0 N–H and O–H groups in total. The van der Waals surface area contributed by atoms with Gasteiger partial charge in [0.15, 0.2) is 5.65 Å². The summed E-state index contributed by atoms with van der Waals surface area (Å²) in [5.74, 6) is 0. The fourth-order valence-electron chi connectivity index (χ4n) is 4.16. The molecule has 4 aromatic rings. The van der Waals surface area contributed by atoms with Crippen LogP contribution in [-0.4, -0.2) is 14.8 Å². The number of benzene rings is 2. The maximum Gasteiger partial charge on any atom is 0.164 e. The first-order valence-electron chi connectivity index (χ1n) is 9.45. The molecule has 0 atom stereocenters. The Labute approximate surface area is 167 Å². The van der Waals surface area contributed by atoms with Crippen LogP contribution < -0.4 is 0 Å². The summed E-state index contributed by atoms with van der Waals surface area (Å²) in [5.41, 5.74) is 8.28. The maximum atomic E-state index is 5.11. The van der Waals surface area contributed by atoms with Crippen LogP contribution in [0.1, 0.15) is 29.8 Å². The Kier molecular flexibility index (Phi) is 4.09. The molecule has 1 aliphatic rings. The monoisotopic (exact) mass is 417 g/mol. The molecule has 0 amide bonds. The summed E-state index contributed by atoms with van der Waals surface area (Å²) < 4.78 is 3.10. The molecule has 2 aromatic heterocycles. The van der Waals surface area contributed by atoms with Crippen molar-refractivity contribution in [2.24, 2.45) is 0 Å². The lowest BCUT2D eigenvalue weighted by Gasteiger charge is -2.20. The molecule has 5 rings (SSSR count). The highest BCUT2D eigenvalue weighted by Gasteiger charge is 2.23. The van der Waals surface area contributed by atoms with E-state index in [0.29, 0.717) is 0 Å². The molecule has 2 heterocycles. The fourth-order valence-corrected chi connectivity index (χ4v) is 4.42. The molecule has 0 saturated carbocycles. The van der Waals surface area contributed by atoms with Crippen LogP contribution in [0, 0.1) is 6.92 Å². The first-order chi connectivity index (χ1) is 13.2. The molecular weight excluding hydrogens is 398 g/mol. The lowest BCUT2D eigenvalue weighted by Crippen LogP contribution is -2.09. The van der Waals surface area contributed by atoms with Crippen LogP contribution in [0.3, 0.4) is 0 Å². The Morgan fingerprint density at radius 3 is 2.44 bits per heavy atom. The van der Waals surface area contributed by atoms with Crippen LogP contribution in [-0.2, 0) is 12.8 Å². The largest absolute Gasteiger partial charge is 0.233 e. The van der Waals surface area contributed by atoms with Crippen LogP contribution in [0.5, 0.6) is 0 Å². The first kappa shape index (κ1) is 16.7. The van der Waals surface area contributed by atoms with Gasteiger partial charge in [0.05, 0.1) is 16.8 Å². The van der Waals surface area contributed by atoms with E-state index >= 15 is 0 Å². The zero-order valence-corrected chi connectivity index (χ0v) is 16.8. The minimum atomic E-state index is 0.970. The fraction of sp³-hybridized carbons (Fsp3) is 0.217. The number of nitrogens with zero attached hydrogens (tertiary/aromatic N) is 3. The molecule has 0 radical (unpaired) electrons. The Bertz CT molecular complexity index is 1130. The summed E-state index contributed by atoms with van der Waals surface area (Å²) in [5, 5.41) is 6.06. The van der Waals surface area contributed by atoms with Gasteiger partial charge in [0, 0.05) is 10.2 Å². The van der Waals surface area contributed by atoms with Crippen molar-refractivity contribution in [2.45, 2.75) is 32.6 Å². The van der Waals surface area contributed by atoms with E-state index in [0.717, 1.165) is 34.3 Å². The van der Waals surface area contributed by atoms with Gasteiger partial charge in [-0.3, -0.25) is 0 Å². The van der Waals surface area contributed by atoms with Gasteiger partial charge in [-0.05, 0) is 73.6 Å². The number of halogens is 1. The van der Waals surface area contributed by atoms with Crippen LogP contribution in [0.25, 0.3) is 27.8 Å². The maximum absolute atomic E-state index is 5.11. The molecule has 2 aromatic carbocycles. The van der Waals surface area contributed by atoms with E-state index in [9.17, 15) is 0 Å². The number of aryl methyl sites for hydroxylation is 2. The molecule has 0 saturated heterocycles. The van der Waals surface area contributed by atoms with Crippen molar-refractivity contribution in [3.8, 4) is 16.8 Å². The Hall–Kier alpha value is -2.46. The van der Waals surface area contributed by atoms with Gasteiger partial charge < -0.3 is 0 Å². The van der Waals surface area contributed by atoms with Crippen molar-refractivity contribution in [1.29, 1.82) is 0 Å². The van der Waals surface area contributed by atoms with Gasteiger partial charge in [-0.1, -0.05) is 46.3 Å². The zero-order chi connectivity index (χ0) is 18.4. The third-order valence-electron chi connectivity index (χ3n) is 5.40. The third kappa shape index (κ3) is 2.79. The Morgan fingerprint density at radius 2 is 1.67 bits per heavy atom. The average molecular weight is 418 g/mol. The van der Waals surface area contributed by atoms with E-state index in [1.807, 2.05) is 22.9 Å². The standard InChI is InChI=1S/C23H20BrN3/c1-15-21-22(16-11-13-17(24)14-12-16)19-9-5-6-10-20(19)25-23(21)27(26-15)18-7-3-2-4-8-18/h2-4,7-8,11-14H,5-6,9-10H2,1H3. The van der Waals surface area contributed by atoms with Crippen LogP contribution in [0.15, 0.2) is 59.1 Å². The van der Waals surface area contributed by atoms with Crippen LogP contribution >= 0.6 is 15.9 Å². The summed E-state index contributed by atoms with van der Waals surface area (Å²) in [7, 11) is 0. The number of aromatic nitrogens is 3. The van der Waals surface area contributed by atoms with E-state index in [2.05, 4.69) is 59.3 Å². The second kappa shape index (κ2) is 6.61. The minimum absolute atomic E-state index is 0.970. The number of pyridine rings is 1. The Balaban J connectivity index is 1.87. The number of para-hydroxylation sites is 1. The molecular formula is C23H20BrN3. The zero-order valence-electron chi connectivity index (χ0n) is 15.2. The molecule has 134 valence electrons. The van der Waals surface area contributed by atoms with Crippen molar-refractivity contribution in [3.05, 3.63) is 76.0 Å². The summed E-state index contributed by atoms with van der Waals surface area (Å²) >= 11 is 3.56. The van der Waals surface area contributed by atoms with Crippen molar-refractivity contribution < 1.29 is 0 Å². The molecule has 4 heteroatoms. The van der Waals surface area contributed by atoms with Crippen molar-refractivity contribution in [3.63, 3.8) is 0 Å². The normalized spacial score (nSPS) is 13.7. The summed E-state index contributed by atoms with van der Waals surface area (Å²) in [6, 6.07) is 18.9. The van der Waals surface area contributed by atoms with E-state index in [-0.39, 0.29) is 0 Å². The predicted octanol–water partition coefficient (Wildman–Crippen LogP) is 6.04. The van der Waals surface area contributed by atoms with E-state index in [1.165, 1.54) is 40.6 Å². The highest BCUT2D eigenvalue weighted by atomic mass is 79.9. The topological polar surface area (TPSA) is 30.7 Å². The van der Waals surface area contributed by atoms with Crippen molar-refractivity contribution in [2.75, 3.05) is 0 Å². The lowest BCUT2D eigenvalue weighted by molar-refractivity contribution is 0.671. The summed E-state index contributed by atoms with van der Waals surface area (Å²) in [6.07, 6.45) is 4.59. The van der Waals surface area contributed by atoms with Gasteiger partial charge in [0.2, 0.25) is 0 Å². The molecule has 0 unspecified atom stereocenters. The number of hydrogen-bond donors (Lipinski definition) is 0. The van der Waals surface area contributed by atoms with Gasteiger partial charge in [0.25, 0.3) is 0 Å². The van der Waals surface area contributed by atoms with Crippen molar-refractivity contribution >= 4 is 27.0 Å². The highest BCUT2D eigenvalue weighted by Crippen LogP contribution is 2.38. The second-order valence-electron chi connectivity index (χ2n) is 7.16. The van der Waals surface area contributed by atoms with Crippen molar-refractivity contribution in [1.82, 2.24) is 14.8 Å². The SMILES string of the molecule is Cc1nn(-c2ccccc2)c2nc3c(c(-c4ccc(Br)cc4)c12)CCCC3. The van der Waals surface area contributed by atoms with E-state index in [1.54, 1.807) is 0 Å². The smallest absolute Gasteiger partial charge is 0.164 e. The molecule has 0 fully saturated rings. The predicted molar refractivity (Wildman–Crippen MR) is 113 cm³/mol. The molecule has 3 nitrogen and oxygen atoms in total. The highest BCUT2D eigenvalue weighted by molar-refractivity contribution is 9.10. The summed E-state index contributed by atoms with van der Waals surface area (Å²) in [6.45, 7) is 2.10. The molecule has 0 bridgehead atoms. The number of rotatable bonds is 2. The van der Waals surface area contributed by atoms with E-state index in [4.69, 9.17) is 10.1 Å². The average Bonchev–Trinajstić information content (AvgIpc) is 3.04. The molecule has 0 aliphatic heterocycles. The molecule has 0 spiro atoms. The first-order valence-corrected chi connectivity index (χ1v) is 10.2. The lowest BCUT2D eigenvalue weighted by atomic mass is 9.87. The Morgan fingerprint density at radius 1 is 0.926 bits per heavy atom. The van der Waals surface area contributed by atoms with Gasteiger partial charge in [-0.2, -0.15) is 5.10 Å². The summed E-state index contributed by atoms with van der Waals surface area (Å²) in [4.78, 5) is 5.11. The van der Waals surface area contributed by atoms with Crippen LogP contribution in [0.2, 0.25) is 0 Å². The quantitative estimate of drug-likeness (QED) is 0.398. The van der Waals surface area contributed by atoms with Crippen LogP contribution in [0.4, 0.5) is 0 Å². The number of fused-ring (bicyclic) bond motifs is 2. The number of hydrogen-bond acceptors (Lipinski definition) is 2. The minimum Gasteiger partial charge on any atom is -0.233 e. The second-order valence-corrected chi connectivity index (χ2v) is 8.07. The van der Waals surface area contributed by atoms with Gasteiger partial charge in [-0.25, -0.2) is 9.67 Å². The molecule has 1 aliphatic carbocycles. The third-order valence-corrected chi connectivity index (χ3v) is 5.93. The van der Waals surface area contributed by atoms with Gasteiger partial charge in [-0.15, -0.1) is 0 Å². The van der Waals surface area contributed by atoms with Gasteiger partial charge in [0.1, 0.15) is 0 Å². The molecule has 27 heavy (non-hydrogen) atoms. The van der Waals surface area contributed by atoms with E-state index < -0.39 is 0 Å².